The summed E-state index contributed by atoms with van der Waals surface area (Å²) in [5.41, 5.74) is 1.52. The van der Waals surface area contributed by atoms with E-state index in [1.54, 1.807) is 0 Å². The van der Waals surface area contributed by atoms with Crippen molar-refractivity contribution in [3.63, 3.8) is 0 Å². The van der Waals surface area contributed by atoms with Crippen molar-refractivity contribution in [2.45, 2.75) is 26.2 Å². The van der Waals surface area contributed by atoms with Crippen molar-refractivity contribution in [3.8, 4) is 0 Å². The molecule has 0 saturated carbocycles. The third-order valence-electron chi connectivity index (χ3n) is 2.23. The second-order valence-corrected chi connectivity index (χ2v) is 4.11. The molecule has 13 heavy (non-hydrogen) atoms. The van der Waals surface area contributed by atoms with Crippen molar-refractivity contribution in [1.29, 1.82) is 0 Å². The number of carbonyl (C=O) groups is 1. The van der Waals surface area contributed by atoms with E-state index in [4.69, 9.17) is 11.6 Å². The van der Waals surface area contributed by atoms with Gasteiger partial charge < -0.3 is 0 Å². The number of aryl methyl sites for hydroxylation is 1. The molecule has 0 unspecified atom stereocenters. The molecule has 0 atom stereocenters. The van der Waals surface area contributed by atoms with Gasteiger partial charge in [-0.05, 0) is 37.9 Å². The molecule has 0 N–H and O–H groups in total. The summed E-state index contributed by atoms with van der Waals surface area (Å²) >= 11 is 5.52. The SMILES string of the molecule is Cc1cccc(C(C)(C)C(=O)Cl)c1. The van der Waals surface area contributed by atoms with Crippen molar-refractivity contribution < 1.29 is 4.79 Å². The number of rotatable bonds is 2. The first-order chi connectivity index (χ1) is 5.94. The molecule has 1 aromatic rings. The van der Waals surface area contributed by atoms with Gasteiger partial charge in [-0.1, -0.05) is 29.8 Å². The molecule has 70 valence electrons. The topological polar surface area (TPSA) is 17.1 Å². The fourth-order valence-electron chi connectivity index (χ4n) is 1.15. The highest BCUT2D eigenvalue weighted by molar-refractivity contribution is 6.65. The number of benzene rings is 1. The van der Waals surface area contributed by atoms with Gasteiger partial charge in [0, 0.05) is 0 Å². The lowest BCUT2D eigenvalue weighted by atomic mass is 9.85. The monoisotopic (exact) mass is 196 g/mol. The highest BCUT2D eigenvalue weighted by atomic mass is 35.5. The largest absolute Gasteiger partial charge is 0.280 e. The lowest BCUT2D eigenvalue weighted by Crippen LogP contribution is -2.24. The molecule has 0 heterocycles. The predicted molar refractivity (Wildman–Crippen MR) is 55.1 cm³/mol. The van der Waals surface area contributed by atoms with Crippen LogP contribution in [0.1, 0.15) is 25.0 Å². The van der Waals surface area contributed by atoms with Gasteiger partial charge in [0.2, 0.25) is 5.24 Å². The molecule has 0 aliphatic heterocycles. The van der Waals surface area contributed by atoms with Crippen molar-refractivity contribution in [2.75, 3.05) is 0 Å². The van der Waals surface area contributed by atoms with E-state index in [1.807, 2.05) is 45.0 Å². The fraction of sp³-hybridized carbons (Fsp3) is 0.364. The molecule has 2 heteroatoms. The Morgan fingerprint density at radius 1 is 1.38 bits per heavy atom. The van der Waals surface area contributed by atoms with Crippen LogP contribution in [0.2, 0.25) is 0 Å². The molecule has 0 fully saturated rings. The van der Waals surface area contributed by atoms with Crippen molar-refractivity contribution >= 4 is 16.8 Å². The van der Waals surface area contributed by atoms with Crippen molar-refractivity contribution in [2.24, 2.45) is 0 Å². The van der Waals surface area contributed by atoms with Crippen LogP contribution >= 0.6 is 11.6 Å². The Bertz CT molecular complexity index is 329. The molecule has 0 radical (unpaired) electrons. The summed E-state index contributed by atoms with van der Waals surface area (Å²) in [5, 5.41) is -0.321. The smallest absolute Gasteiger partial charge is 0.231 e. The molecule has 1 nitrogen and oxygen atoms in total. The summed E-state index contributed by atoms with van der Waals surface area (Å²) in [6, 6.07) is 7.85. The lowest BCUT2D eigenvalue weighted by Gasteiger charge is -2.20. The van der Waals surface area contributed by atoms with E-state index < -0.39 is 5.41 Å². The molecule has 0 bridgehead atoms. The molecular weight excluding hydrogens is 184 g/mol. The molecule has 0 amide bonds. The number of carbonyl (C=O) groups excluding carboxylic acids is 1. The van der Waals surface area contributed by atoms with Gasteiger partial charge >= 0.3 is 0 Å². The minimum Gasteiger partial charge on any atom is -0.280 e. The molecule has 1 rings (SSSR count). The van der Waals surface area contributed by atoms with Crippen LogP contribution in [0.3, 0.4) is 0 Å². The maximum Gasteiger partial charge on any atom is 0.231 e. The zero-order valence-electron chi connectivity index (χ0n) is 8.10. The molecule has 1 aromatic carbocycles. The van der Waals surface area contributed by atoms with E-state index in [0.717, 1.165) is 11.1 Å². The minimum atomic E-state index is -0.590. The normalized spacial score (nSPS) is 11.4. The molecule has 0 aliphatic carbocycles. The van der Waals surface area contributed by atoms with Gasteiger partial charge in [-0.3, -0.25) is 4.79 Å². The van der Waals surface area contributed by atoms with Crippen LogP contribution in [0.5, 0.6) is 0 Å². The fourth-order valence-corrected chi connectivity index (χ4v) is 1.26. The van der Waals surface area contributed by atoms with Crippen LogP contribution in [0.4, 0.5) is 0 Å². The first-order valence-corrected chi connectivity index (χ1v) is 4.59. The zero-order chi connectivity index (χ0) is 10.1. The maximum atomic E-state index is 11.1. The van der Waals surface area contributed by atoms with Crippen LogP contribution in [-0.2, 0) is 10.2 Å². The van der Waals surface area contributed by atoms with Crippen LogP contribution in [0, 0.1) is 6.92 Å². The number of hydrogen-bond acceptors (Lipinski definition) is 1. The second-order valence-electron chi connectivity index (χ2n) is 3.77. The molecule has 0 aromatic heterocycles. The van der Waals surface area contributed by atoms with Gasteiger partial charge in [0.15, 0.2) is 0 Å². The third kappa shape index (κ3) is 2.10. The number of halogens is 1. The van der Waals surface area contributed by atoms with Gasteiger partial charge in [0.25, 0.3) is 0 Å². The molecular formula is C11H13ClO. The van der Waals surface area contributed by atoms with E-state index >= 15 is 0 Å². The molecule has 0 aliphatic rings. The first kappa shape index (κ1) is 10.3. The van der Waals surface area contributed by atoms with Gasteiger partial charge in [-0.25, -0.2) is 0 Å². The van der Waals surface area contributed by atoms with E-state index in [1.165, 1.54) is 0 Å². The summed E-state index contributed by atoms with van der Waals surface area (Å²) in [5.74, 6) is 0. The Balaban J connectivity index is 3.14. The third-order valence-corrected chi connectivity index (χ3v) is 2.70. The lowest BCUT2D eigenvalue weighted by molar-refractivity contribution is -0.115. The van der Waals surface area contributed by atoms with Gasteiger partial charge in [0.05, 0.1) is 5.41 Å². The van der Waals surface area contributed by atoms with E-state index in [2.05, 4.69) is 0 Å². The Kier molecular flexibility index (Phi) is 2.77. The summed E-state index contributed by atoms with van der Waals surface area (Å²) in [7, 11) is 0. The summed E-state index contributed by atoms with van der Waals surface area (Å²) < 4.78 is 0. The maximum absolute atomic E-state index is 11.1. The standard InChI is InChI=1S/C11H13ClO/c1-8-5-4-6-9(7-8)11(2,3)10(12)13/h4-7H,1-3H3. The number of hydrogen-bond donors (Lipinski definition) is 0. The minimum absolute atomic E-state index is 0.321. The van der Waals surface area contributed by atoms with Crippen LogP contribution < -0.4 is 0 Å². The Morgan fingerprint density at radius 2 is 2.00 bits per heavy atom. The zero-order valence-corrected chi connectivity index (χ0v) is 8.85. The first-order valence-electron chi connectivity index (χ1n) is 4.21. The van der Waals surface area contributed by atoms with Crippen molar-refractivity contribution in [1.82, 2.24) is 0 Å². The van der Waals surface area contributed by atoms with Gasteiger partial charge in [-0.15, -0.1) is 0 Å². The molecule has 0 spiro atoms. The van der Waals surface area contributed by atoms with E-state index in [9.17, 15) is 4.79 Å². The highest BCUT2D eigenvalue weighted by Crippen LogP contribution is 2.26. The average molecular weight is 197 g/mol. The van der Waals surface area contributed by atoms with E-state index in [-0.39, 0.29) is 5.24 Å². The highest BCUT2D eigenvalue weighted by Gasteiger charge is 2.27. The van der Waals surface area contributed by atoms with Gasteiger partial charge in [0.1, 0.15) is 0 Å². The average Bonchev–Trinajstić information content (AvgIpc) is 2.04. The second kappa shape index (κ2) is 3.51. The Labute approximate surface area is 83.7 Å². The van der Waals surface area contributed by atoms with Crippen LogP contribution in [0.25, 0.3) is 0 Å². The molecule has 0 saturated heterocycles. The van der Waals surface area contributed by atoms with Crippen molar-refractivity contribution in [3.05, 3.63) is 35.4 Å². The predicted octanol–water partition coefficient (Wildman–Crippen LogP) is 3.04. The van der Waals surface area contributed by atoms with E-state index in [0.29, 0.717) is 0 Å². The summed E-state index contributed by atoms with van der Waals surface area (Å²) in [4.78, 5) is 11.1. The Hall–Kier alpha value is -0.820. The quantitative estimate of drug-likeness (QED) is 0.665. The van der Waals surface area contributed by atoms with Gasteiger partial charge in [-0.2, -0.15) is 0 Å². The Morgan fingerprint density at radius 3 is 2.46 bits per heavy atom. The summed E-state index contributed by atoms with van der Waals surface area (Å²) in [6.07, 6.45) is 0. The van der Waals surface area contributed by atoms with Crippen LogP contribution in [0.15, 0.2) is 24.3 Å². The summed E-state index contributed by atoms with van der Waals surface area (Å²) in [6.45, 7) is 5.66. The van der Waals surface area contributed by atoms with Crippen LogP contribution in [-0.4, -0.2) is 5.24 Å².